The van der Waals surface area contributed by atoms with Crippen molar-refractivity contribution >= 4 is 17.5 Å². The van der Waals surface area contributed by atoms with E-state index in [4.69, 9.17) is 11.6 Å². The van der Waals surface area contributed by atoms with Gasteiger partial charge in [-0.25, -0.2) is 4.98 Å². The Balaban J connectivity index is 2.68. The van der Waals surface area contributed by atoms with E-state index >= 15 is 0 Å². The summed E-state index contributed by atoms with van der Waals surface area (Å²) in [4.78, 5) is 15.2. The van der Waals surface area contributed by atoms with Crippen molar-refractivity contribution in [1.82, 2.24) is 10.3 Å². The van der Waals surface area contributed by atoms with E-state index in [0.717, 1.165) is 11.3 Å². The summed E-state index contributed by atoms with van der Waals surface area (Å²) in [6.07, 6.45) is 0. The Bertz CT molecular complexity index is 362. The zero-order chi connectivity index (χ0) is 8.72. The number of aryl methyl sites for hydroxylation is 1. The van der Waals surface area contributed by atoms with E-state index in [9.17, 15) is 4.79 Å². The topological polar surface area (TPSA) is 42.0 Å². The molecule has 0 unspecified atom stereocenters. The molecule has 0 spiro atoms. The van der Waals surface area contributed by atoms with Crippen LogP contribution >= 0.6 is 11.6 Å². The number of aromatic nitrogens is 1. The lowest BCUT2D eigenvalue weighted by Crippen LogP contribution is -2.12. The lowest BCUT2D eigenvalue weighted by molar-refractivity contribution is 0.0965. The van der Waals surface area contributed by atoms with E-state index in [-0.39, 0.29) is 5.91 Å². The highest BCUT2D eigenvalue weighted by atomic mass is 35.5. The van der Waals surface area contributed by atoms with Gasteiger partial charge in [-0.05, 0) is 13.0 Å². The number of hydrogen-bond donors (Lipinski definition) is 1. The number of pyridine rings is 1. The van der Waals surface area contributed by atoms with Crippen molar-refractivity contribution in [3.8, 4) is 0 Å². The zero-order valence-electron chi connectivity index (χ0n) is 6.52. The van der Waals surface area contributed by atoms with Gasteiger partial charge in [-0.15, -0.1) is 0 Å². The van der Waals surface area contributed by atoms with E-state index in [0.29, 0.717) is 17.3 Å². The van der Waals surface area contributed by atoms with Gasteiger partial charge in [0.25, 0.3) is 5.91 Å². The summed E-state index contributed by atoms with van der Waals surface area (Å²) in [5.41, 5.74) is 2.45. The molecule has 0 saturated carbocycles. The van der Waals surface area contributed by atoms with E-state index in [1.54, 1.807) is 6.07 Å². The van der Waals surface area contributed by atoms with Gasteiger partial charge >= 0.3 is 0 Å². The van der Waals surface area contributed by atoms with Crippen LogP contribution in [0.25, 0.3) is 0 Å². The Morgan fingerprint density at radius 1 is 1.67 bits per heavy atom. The number of halogens is 1. The van der Waals surface area contributed by atoms with Crippen LogP contribution in [0.1, 0.15) is 21.6 Å². The molecule has 1 amide bonds. The van der Waals surface area contributed by atoms with Gasteiger partial charge in [0.15, 0.2) is 0 Å². The maximum atomic E-state index is 11.2. The Morgan fingerprint density at radius 2 is 2.42 bits per heavy atom. The number of hydrogen-bond acceptors (Lipinski definition) is 2. The summed E-state index contributed by atoms with van der Waals surface area (Å²) < 4.78 is 0. The van der Waals surface area contributed by atoms with Crippen LogP contribution in [-0.2, 0) is 6.54 Å². The van der Waals surface area contributed by atoms with E-state index in [1.165, 1.54) is 0 Å². The normalized spacial score (nSPS) is 14.3. The van der Waals surface area contributed by atoms with Gasteiger partial charge < -0.3 is 5.32 Å². The smallest absolute Gasteiger partial charge is 0.252 e. The van der Waals surface area contributed by atoms with E-state index < -0.39 is 0 Å². The second kappa shape index (κ2) is 2.45. The molecular formula is C8H7ClN2O. The van der Waals surface area contributed by atoms with E-state index in [1.807, 2.05) is 6.92 Å². The molecule has 0 radical (unpaired) electrons. The van der Waals surface area contributed by atoms with Crippen molar-refractivity contribution in [2.45, 2.75) is 13.5 Å². The molecule has 1 aliphatic heterocycles. The molecule has 0 aliphatic carbocycles. The Hall–Kier alpha value is -1.09. The first kappa shape index (κ1) is 7.55. The lowest BCUT2D eigenvalue weighted by Gasteiger charge is -1.99. The third-order valence-corrected chi connectivity index (χ3v) is 2.16. The van der Waals surface area contributed by atoms with Crippen LogP contribution in [-0.4, -0.2) is 10.9 Å². The van der Waals surface area contributed by atoms with Crippen molar-refractivity contribution < 1.29 is 4.79 Å². The molecule has 1 N–H and O–H groups in total. The molecule has 1 aromatic rings. The van der Waals surface area contributed by atoms with Gasteiger partial charge in [-0.1, -0.05) is 11.6 Å². The molecule has 3 nitrogen and oxygen atoms in total. The molecule has 4 heteroatoms. The average Bonchev–Trinajstić information content (AvgIpc) is 2.33. The average molecular weight is 183 g/mol. The summed E-state index contributed by atoms with van der Waals surface area (Å²) >= 11 is 5.70. The highest BCUT2D eigenvalue weighted by molar-refractivity contribution is 6.29. The monoisotopic (exact) mass is 182 g/mol. The molecule has 1 aromatic heterocycles. The standard InChI is InChI=1S/C8H7ClN2O/c1-4-6-3-10-8(12)5(6)2-7(9)11-4/h2H,3H2,1H3,(H,10,12). The number of nitrogens with zero attached hydrogens (tertiary/aromatic N) is 1. The number of fused-ring (bicyclic) bond motifs is 1. The quantitative estimate of drug-likeness (QED) is 0.615. The summed E-state index contributed by atoms with van der Waals surface area (Å²) in [7, 11) is 0. The minimum atomic E-state index is -0.0580. The first-order chi connectivity index (χ1) is 5.68. The van der Waals surface area contributed by atoms with Crippen molar-refractivity contribution in [2.75, 3.05) is 0 Å². The number of amides is 1. The van der Waals surface area contributed by atoms with Crippen molar-refractivity contribution in [3.05, 3.63) is 28.0 Å². The Labute approximate surface area is 74.8 Å². The molecule has 12 heavy (non-hydrogen) atoms. The second-order valence-electron chi connectivity index (χ2n) is 2.74. The first-order valence-corrected chi connectivity index (χ1v) is 4.00. The highest BCUT2D eigenvalue weighted by Gasteiger charge is 2.21. The predicted octanol–water partition coefficient (Wildman–Crippen LogP) is 1.29. The lowest BCUT2D eigenvalue weighted by atomic mass is 10.1. The molecule has 2 rings (SSSR count). The molecule has 0 atom stereocenters. The number of rotatable bonds is 0. The summed E-state index contributed by atoms with van der Waals surface area (Å²) in [5.74, 6) is -0.0580. The first-order valence-electron chi connectivity index (χ1n) is 3.62. The third-order valence-electron chi connectivity index (χ3n) is 1.97. The van der Waals surface area contributed by atoms with Crippen molar-refractivity contribution in [1.29, 1.82) is 0 Å². The van der Waals surface area contributed by atoms with Gasteiger partial charge in [-0.2, -0.15) is 0 Å². The largest absolute Gasteiger partial charge is 0.348 e. The van der Waals surface area contributed by atoms with Crippen molar-refractivity contribution in [3.63, 3.8) is 0 Å². The van der Waals surface area contributed by atoms with Crippen LogP contribution in [0.5, 0.6) is 0 Å². The van der Waals surface area contributed by atoms with Gasteiger partial charge in [0.2, 0.25) is 0 Å². The fraction of sp³-hybridized carbons (Fsp3) is 0.250. The number of carbonyl (C=O) groups excluding carboxylic acids is 1. The van der Waals surface area contributed by atoms with Crippen LogP contribution in [0.2, 0.25) is 5.15 Å². The van der Waals surface area contributed by atoms with Crippen LogP contribution in [0.15, 0.2) is 6.07 Å². The molecule has 1 aliphatic rings. The molecule has 0 saturated heterocycles. The molecule has 2 heterocycles. The zero-order valence-corrected chi connectivity index (χ0v) is 7.27. The molecule has 0 bridgehead atoms. The van der Waals surface area contributed by atoms with Crippen LogP contribution in [0.3, 0.4) is 0 Å². The number of nitrogens with one attached hydrogen (secondary N) is 1. The third kappa shape index (κ3) is 0.975. The molecular weight excluding hydrogens is 176 g/mol. The predicted molar refractivity (Wildman–Crippen MR) is 45.2 cm³/mol. The van der Waals surface area contributed by atoms with Crippen molar-refractivity contribution in [2.24, 2.45) is 0 Å². The summed E-state index contributed by atoms with van der Waals surface area (Å²) in [6, 6.07) is 1.60. The molecule has 0 fully saturated rings. The minimum absolute atomic E-state index is 0.0580. The highest BCUT2D eigenvalue weighted by Crippen LogP contribution is 2.20. The number of carbonyl (C=O) groups is 1. The maximum Gasteiger partial charge on any atom is 0.252 e. The van der Waals surface area contributed by atoms with Gasteiger partial charge in [0.1, 0.15) is 5.15 Å². The van der Waals surface area contributed by atoms with Crippen LogP contribution < -0.4 is 5.32 Å². The minimum Gasteiger partial charge on any atom is -0.348 e. The second-order valence-corrected chi connectivity index (χ2v) is 3.13. The summed E-state index contributed by atoms with van der Waals surface area (Å²) in [6.45, 7) is 2.43. The Morgan fingerprint density at radius 3 is 3.17 bits per heavy atom. The van der Waals surface area contributed by atoms with E-state index in [2.05, 4.69) is 10.3 Å². The summed E-state index contributed by atoms with van der Waals surface area (Å²) in [5, 5.41) is 3.09. The maximum absolute atomic E-state index is 11.2. The fourth-order valence-electron chi connectivity index (χ4n) is 1.35. The molecule has 62 valence electrons. The molecule has 0 aromatic carbocycles. The van der Waals surface area contributed by atoms with Gasteiger partial charge in [-0.3, -0.25) is 4.79 Å². The Kier molecular flexibility index (Phi) is 1.54. The van der Waals surface area contributed by atoms with Crippen LogP contribution in [0.4, 0.5) is 0 Å². The van der Waals surface area contributed by atoms with Gasteiger partial charge in [0.05, 0.1) is 0 Å². The fourth-order valence-corrected chi connectivity index (χ4v) is 1.59. The van der Waals surface area contributed by atoms with Crippen LogP contribution in [0, 0.1) is 6.92 Å². The van der Waals surface area contributed by atoms with Gasteiger partial charge in [0, 0.05) is 23.4 Å². The SMILES string of the molecule is Cc1nc(Cl)cc2c1CNC2=O.